The first-order valence-corrected chi connectivity index (χ1v) is 7.84. The minimum Gasteiger partial charge on any atom is -0.444 e. The van der Waals surface area contributed by atoms with Crippen molar-refractivity contribution in [2.75, 3.05) is 18.4 Å². The van der Waals surface area contributed by atoms with Crippen molar-refractivity contribution in [3.05, 3.63) is 30.1 Å². The van der Waals surface area contributed by atoms with Crippen LogP contribution in [0.1, 0.15) is 40.0 Å². The number of nitrogens with one attached hydrogen (secondary N) is 1. The second-order valence-electron chi connectivity index (χ2n) is 6.71. The summed E-state index contributed by atoms with van der Waals surface area (Å²) in [5.74, 6) is -0.251. The summed E-state index contributed by atoms with van der Waals surface area (Å²) in [4.78, 5) is 14.1. The van der Waals surface area contributed by atoms with Crippen LogP contribution in [0.25, 0.3) is 0 Å². The molecule has 0 aromatic heterocycles. The van der Waals surface area contributed by atoms with Gasteiger partial charge in [-0.3, -0.25) is 0 Å². The Balaban J connectivity index is 1.94. The lowest BCUT2D eigenvalue weighted by atomic mass is 10.0. The van der Waals surface area contributed by atoms with Crippen LogP contribution >= 0.6 is 0 Å². The van der Waals surface area contributed by atoms with Crippen LogP contribution in [0, 0.1) is 5.82 Å². The van der Waals surface area contributed by atoms with E-state index in [0.29, 0.717) is 6.54 Å². The minimum absolute atomic E-state index is 0.105. The van der Waals surface area contributed by atoms with E-state index in [9.17, 15) is 9.18 Å². The third-order valence-electron chi connectivity index (χ3n) is 3.64. The fraction of sp³-hybridized carbons (Fsp3) is 0.588. The van der Waals surface area contributed by atoms with Gasteiger partial charge in [-0.25, -0.2) is 9.18 Å². The van der Waals surface area contributed by atoms with Crippen LogP contribution in [0.4, 0.5) is 14.9 Å². The highest BCUT2D eigenvalue weighted by Crippen LogP contribution is 2.21. The molecule has 122 valence electrons. The number of halogens is 1. The monoisotopic (exact) mass is 308 g/mol. The molecule has 1 atom stereocenters. The van der Waals surface area contributed by atoms with Crippen molar-refractivity contribution in [2.24, 2.45) is 0 Å². The van der Waals surface area contributed by atoms with E-state index in [1.807, 2.05) is 25.7 Å². The zero-order chi connectivity index (χ0) is 16.2. The second-order valence-corrected chi connectivity index (χ2v) is 6.71. The first kappa shape index (κ1) is 16.6. The lowest BCUT2D eigenvalue weighted by Gasteiger charge is -2.37. The molecule has 1 heterocycles. The van der Waals surface area contributed by atoms with E-state index >= 15 is 0 Å². The van der Waals surface area contributed by atoms with E-state index in [2.05, 4.69) is 5.32 Å². The topological polar surface area (TPSA) is 41.6 Å². The zero-order valence-corrected chi connectivity index (χ0v) is 13.6. The maximum absolute atomic E-state index is 12.9. The lowest BCUT2D eigenvalue weighted by molar-refractivity contribution is 0.0114. The number of likely N-dealkylation sites (tertiary alicyclic amines) is 1. The molecule has 1 aromatic rings. The number of benzene rings is 1. The number of carbonyl (C=O) groups is 1. The Morgan fingerprint density at radius 2 is 2.00 bits per heavy atom. The third-order valence-corrected chi connectivity index (χ3v) is 3.64. The molecule has 1 aliphatic heterocycles. The molecule has 0 spiro atoms. The van der Waals surface area contributed by atoms with Crippen molar-refractivity contribution in [1.29, 1.82) is 0 Å². The average Bonchev–Trinajstić information content (AvgIpc) is 2.45. The number of anilines is 1. The molecule has 5 heteroatoms. The number of piperidine rings is 1. The van der Waals surface area contributed by atoms with Gasteiger partial charge in [0.1, 0.15) is 11.4 Å². The van der Waals surface area contributed by atoms with Crippen molar-refractivity contribution < 1.29 is 13.9 Å². The molecule has 1 saturated heterocycles. The predicted molar refractivity (Wildman–Crippen MR) is 85.5 cm³/mol. The van der Waals surface area contributed by atoms with Crippen molar-refractivity contribution in [2.45, 2.75) is 51.7 Å². The van der Waals surface area contributed by atoms with Gasteiger partial charge in [-0.15, -0.1) is 0 Å². The molecule has 1 fully saturated rings. The van der Waals surface area contributed by atoms with E-state index in [-0.39, 0.29) is 18.0 Å². The first-order chi connectivity index (χ1) is 10.3. The van der Waals surface area contributed by atoms with Crippen LogP contribution in [0.3, 0.4) is 0 Å². The maximum atomic E-state index is 12.9. The molecule has 1 amide bonds. The normalized spacial score (nSPS) is 18.9. The fourth-order valence-electron chi connectivity index (χ4n) is 2.58. The summed E-state index contributed by atoms with van der Waals surface area (Å²) in [5.41, 5.74) is 0.375. The average molecular weight is 308 g/mol. The minimum atomic E-state index is -0.483. The van der Waals surface area contributed by atoms with Gasteiger partial charge in [-0.2, -0.15) is 0 Å². The summed E-state index contributed by atoms with van der Waals surface area (Å²) >= 11 is 0. The van der Waals surface area contributed by atoms with Gasteiger partial charge < -0.3 is 15.0 Å². The molecule has 1 unspecified atom stereocenters. The van der Waals surface area contributed by atoms with Crippen LogP contribution in [0.15, 0.2) is 24.3 Å². The number of hydrogen-bond donors (Lipinski definition) is 1. The van der Waals surface area contributed by atoms with Crippen LogP contribution in [0.2, 0.25) is 0 Å². The van der Waals surface area contributed by atoms with Crippen molar-refractivity contribution in [3.63, 3.8) is 0 Å². The van der Waals surface area contributed by atoms with Gasteiger partial charge >= 0.3 is 6.09 Å². The number of carbonyl (C=O) groups excluding carboxylic acids is 1. The highest BCUT2D eigenvalue weighted by molar-refractivity contribution is 5.68. The van der Waals surface area contributed by atoms with Crippen LogP contribution in [-0.2, 0) is 4.74 Å². The first-order valence-electron chi connectivity index (χ1n) is 7.84. The highest BCUT2D eigenvalue weighted by Gasteiger charge is 2.30. The second kappa shape index (κ2) is 6.99. The van der Waals surface area contributed by atoms with Crippen molar-refractivity contribution in [1.82, 2.24) is 4.90 Å². The largest absolute Gasteiger partial charge is 0.444 e. The summed E-state index contributed by atoms with van der Waals surface area (Å²) in [6, 6.07) is 6.36. The molecule has 0 aliphatic carbocycles. The van der Waals surface area contributed by atoms with Gasteiger partial charge in [-0.05, 0) is 64.3 Å². The number of nitrogens with zero attached hydrogens (tertiary/aromatic N) is 1. The zero-order valence-electron chi connectivity index (χ0n) is 13.6. The molecule has 0 bridgehead atoms. The van der Waals surface area contributed by atoms with Gasteiger partial charge in [0, 0.05) is 18.8 Å². The molecule has 1 aliphatic rings. The van der Waals surface area contributed by atoms with Gasteiger partial charge in [0.15, 0.2) is 0 Å². The van der Waals surface area contributed by atoms with E-state index in [1.165, 1.54) is 12.1 Å². The standard InChI is InChI=1S/C17H25FN2O2/c1-17(2,3)22-16(21)20-11-5-4-6-15(20)12-19-14-9-7-13(18)8-10-14/h7-10,15,19H,4-6,11-12H2,1-3H3. The number of rotatable bonds is 3. The molecule has 22 heavy (non-hydrogen) atoms. The third kappa shape index (κ3) is 4.90. The van der Waals surface area contributed by atoms with E-state index in [4.69, 9.17) is 4.74 Å². The number of hydrogen-bond acceptors (Lipinski definition) is 3. The molecule has 2 rings (SSSR count). The molecule has 1 N–H and O–H groups in total. The Morgan fingerprint density at radius 3 is 2.64 bits per heavy atom. The van der Waals surface area contributed by atoms with Gasteiger partial charge in [0.25, 0.3) is 0 Å². The Kier molecular flexibility index (Phi) is 5.27. The summed E-state index contributed by atoms with van der Waals surface area (Å²) in [5, 5.41) is 3.27. The molecule has 1 aromatic carbocycles. The van der Waals surface area contributed by atoms with Crippen LogP contribution in [0.5, 0.6) is 0 Å². The lowest BCUT2D eigenvalue weighted by Crippen LogP contribution is -2.48. The summed E-state index contributed by atoms with van der Waals surface area (Å²) < 4.78 is 18.4. The maximum Gasteiger partial charge on any atom is 0.410 e. The number of amides is 1. The Hall–Kier alpha value is -1.78. The molecule has 0 radical (unpaired) electrons. The Bertz CT molecular complexity index is 496. The van der Waals surface area contributed by atoms with Gasteiger partial charge in [0.05, 0.1) is 6.04 Å². The smallest absolute Gasteiger partial charge is 0.410 e. The van der Waals surface area contributed by atoms with E-state index < -0.39 is 5.60 Å². The molecule has 0 saturated carbocycles. The summed E-state index contributed by atoms with van der Waals surface area (Å²) in [6.07, 6.45) is 2.81. The molecular formula is C17H25FN2O2. The summed E-state index contributed by atoms with van der Waals surface area (Å²) in [6.45, 7) is 7.00. The van der Waals surface area contributed by atoms with Gasteiger partial charge in [-0.1, -0.05) is 0 Å². The molecule has 4 nitrogen and oxygen atoms in total. The highest BCUT2D eigenvalue weighted by atomic mass is 19.1. The van der Waals surface area contributed by atoms with E-state index in [0.717, 1.165) is 31.5 Å². The van der Waals surface area contributed by atoms with Crippen LogP contribution in [-0.4, -0.2) is 35.7 Å². The SMILES string of the molecule is CC(C)(C)OC(=O)N1CCCCC1CNc1ccc(F)cc1. The summed E-state index contributed by atoms with van der Waals surface area (Å²) in [7, 11) is 0. The predicted octanol–water partition coefficient (Wildman–Crippen LogP) is 4.03. The van der Waals surface area contributed by atoms with Crippen molar-refractivity contribution in [3.8, 4) is 0 Å². The Labute approximate surface area is 131 Å². The quantitative estimate of drug-likeness (QED) is 0.916. The van der Waals surface area contributed by atoms with Gasteiger partial charge in [0.2, 0.25) is 0 Å². The molecular weight excluding hydrogens is 283 g/mol. The number of ether oxygens (including phenoxy) is 1. The Morgan fingerprint density at radius 1 is 1.32 bits per heavy atom. The van der Waals surface area contributed by atoms with E-state index in [1.54, 1.807) is 12.1 Å². The fourth-order valence-corrected chi connectivity index (χ4v) is 2.58. The van der Waals surface area contributed by atoms with Crippen LogP contribution < -0.4 is 5.32 Å². The van der Waals surface area contributed by atoms with Crippen molar-refractivity contribution >= 4 is 11.8 Å².